The van der Waals surface area contributed by atoms with Crippen molar-refractivity contribution in [3.05, 3.63) is 58.1 Å². The van der Waals surface area contributed by atoms with E-state index >= 15 is 0 Å². The summed E-state index contributed by atoms with van der Waals surface area (Å²) in [4.78, 5) is 30.1. The Kier molecular flexibility index (Phi) is 5.12. The first-order valence-electron chi connectivity index (χ1n) is 9.05. The van der Waals surface area contributed by atoms with Crippen LogP contribution in [0.5, 0.6) is 0 Å². The number of piperazine rings is 1. The Morgan fingerprint density at radius 1 is 0.966 bits per heavy atom. The molecule has 0 aliphatic carbocycles. The van der Waals surface area contributed by atoms with Gasteiger partial charge in [-0.3, -0.25) is 19.4 Å². The number of carbonyl (C=O) groups is 2. The number of anilines is 2. The molecular weight excluding hydrogens is 451 g/mol. The van der Waals surface area contributed by atoms with Crippen molar-refractivity contribution >= 4 is 39.0 Å². The van der Waals surface area contributed by atoms with Gasteiger partial charge in [-0.05, 0) is 46.3 Å². The van der Waals surface area contributed by atoms with Crippen molar-refractivity contribution in [3.8, 4) is 0 Å². The lowest BCUT2D eigenvalue weighted by molar-refractivity contribution is -0.137. The number of nitrogens with zero attached hydrogens (tertiary/aromatic N) is 3. The highest BCUT2D eigenvalue weighted by Gasteiger charge is 2.38. The number of benzene rings is 2. The van der Waals surface area contributed by atoms with Crippen molar-refractivity contribution in [2.75, 3.05) is 42.6 Å². The largest absolute Gasteiger partial charge is 0.416 e. The normalized spacial score (nSPS) is 17.8. The fourth-order valence-corrected chi connectivity index (χ4v) is 4.20. The lowest BCUT2D eigenvalue weighted by Crippen LogP contribution is -2.51. The van der Waals surface area contributed by atoms with E-state index in [4.69, 9.17) is 0 Å². The number of fused-ring (bicyclic) bond motifs is 1. The molecule has 5 nitrogen and oxygen atoms in total. The third kappa shape index (κ3) is 3.76. The third-order valence-electron chi connectivity index (χ3n) is 5.20. The predicted octanol–water partition coefficient (Wildman–Crippen LogP) is 3.78. The zero-order chi connectivity index (χ0) is 20.8. The van der Waals surface area contributed by atoms with E-state index in [1.54, 1.807) is 24.3 Å². The SMILES string of the molecule is O=C1C(=O)N(CN2CCN(c3cccc(C(F)(F)F)c3)CC2)c2cccc(Br)c21. The van der Waals surface area contributed by atoms with E-state index in [2.05, 4.69) is 15.9 Å². The summed E-state index contributed by atoms with van der Waals surface area (Å²) in [6.07, 6.45) is -4.37. The number of hydrogen-bond donors (Lipinski definition) is 0. The molecule has 0 atom stereocenters. The monoisotopic (exact) mass is 467 g/mol. The molecule has 2 aromatic rings. The van der Waals surface area contributed by atoms with Crippen LogP contribution >= 0.6 is 15.9 Å². The van der Waals surface area contributed by atoms with Gasteiger partial charge in [0, 0.05) is 36.3 Å². The molecule has 152 valence electrons. The number of hydrogen-bond acceptors (Lipinski definition) is 4. The maximum Gasteiger partial charge on any atom is 0.416 e. The molecule has 0 radical (unpaired) electrons. The van der Waals surface area contributed by atoms with Crippen molar-refractivity contribution in [2.24, 2.45) is 0 Å². The van der Waals surface area contributed by atoms with Gasteiger partial charge in [0.2, 0.25) is 0 Å². The van der Waals surface area contributed by atoms with Crippen LogP contribution in [0, 0.1) is 0 Å². The quantitative estimate of drug-likeness (QED) is 0.644. The van der Waals surface area contributed by atoms with Crippen LogP contribution in [0.4, 0.5) is 24.5 Å². The maximum absolute atomic E-state index is 12.9. The molecule has 2 aliphatic heterocycles. The van der Waals surface area contributed by atoms with Crippen LogP contribution in [0.1, 0.15) is 15.9 Å². The average molecular weight is 468 g/mol. The predicted molar refractivity (Wildman–Crippen MR) is 106 cm³/mol. The molecule has 2 aliphatic rings. The van der Waals surface area contributed by atoms with Gasteiger partial charge in [0.05, 0.1) is 23.5 Å². The Labute approximate surface area is 173 Å². The van der Waals surface area contributed by atoms with Crippen molar-refractivity contribution in [1.82, 2.24) is 4.90 Å². The van der Waals surface area contributed by atoms with Gasteiger partial charge in [-0.1, -0.05) is 12.1 Å². The second kappa shape index (κ2) is 7.46. The van der Waals surface area contributed by atoms with Crippen LogP contribution in [0.2, 0.25) is 0 Å². The van der Waals surface area contributed by atoms with Crippen molar-refractivity contribution in [2.45, 2.75) is 6.18 Å². The topological polar surface area (TPSA) is 43.9 Å². The van der Waals surface area contributed by atoms with E-state index in [-0.39, 0.29) is 6.67 Å². The first-order valence-corrected chi connectivity index (χ1v) is 9.84. The number of alkyl halides is 3. The van der Waals surface area contributed by atoms with Crippen molar-refractivity contribution in [3.63, 3.8) is 0 Å². The molecule has 4 rings (SSSR count). The summed E-state index contributed by atoms with van der Waals surface area (Å²) < 4.78 is 39.4. The molecule has 1 fully saturated rings. The molecule has 0 aromatic heterocycles. The molecule has 29 heavy (non-hydrogen) atoms. The van der Waals surface area contributed by atoms with Crippen LogP contribution in [0.25, 0.3) is 0 Å². The lowest BCUT2D eigenvalue weighted by Gasteiger charge is -2.37. The number of amides is 1. The Balaban J connectivity index is 1.43. The molecule has 2 aromatic carbocycles. The average Bonchev–Trinajstić information content (AvgIpc) is 2.94. The second-order valence-electron chi connectivity index (χ2n) is 6.99. The Morgan fingerprint density at radius 2 is 1.66 bits per heavy atom. The fourth-order valence-electron chi connectivity index (χ4n) is 3.67. The van der Waals surface area contributed by atoms with E-state index in [0.29, 0.717) is 47.6 Å². The molecule has 1 saturated heterocycles. The molecule has 0 bridgehead atoms. The summed E-state index contributed by atoms with van der Waals surface area (Å²) >= 11 is 3.32. The molecule has 0 saturated carbocycles. The van der Waals surface area contributed by atoms with Gasteiger partial charge in [-0.15, -0.1) is 0 Å². The summed E-state index contributed by atoms with van der Waals surface area (Å²) in [5, 5.41) is 0. The second-order valence-corrected chi connectivity index (χ2v) is 7.85. The van der Waals surface area contributed by atoms with Crippen molar-refractivity contribution < 1.29 is 22.8 Å². The molecule has 2 heterocycles. The van der Waals surface area contributed by atoms with E-state index in [1.165, 1.54) is 11.0 Å². The van der Waals surface area contributed by atoms with Gasteiger partial charge >= 0.3 is 12.1 Å². The Morgan fingerprint density at radius 3 is 2.34 bits per heavy atom. The first-order chi connectivity index (χ1) is 13.8. The number of ketones is 1. The maximum atomic E-state index is 12.9. The van der Waals surface area contributed by atoms with Gasteiger partial charge in [0.25, 0.3) is 5.78 Å². The van der Waals surface area contributed by atoms with Crippen LogP contribution in [-0.4, -0.2) is 49.4 Å². The summed E-state index contributed by atoms with van der Waals surface area (Å²) in [6, 6.07) is 10.5. The van der Waals surface area contributed by atoms with Gasteiger partial charge in [-0.25, -0.2) is 0 Å². The van der Waals surface area contributed by atoms with E-state index in [0.717, 1.165) is 12.1 Å². The highest BCUT2D eigenvalue weighted by molar-refractivity contribution is 9.10. The lowest BCUT2D eigenvalue weighted by atomic mass is 10.1. The fraction of sp³-hybridized carbons (Fsp3) is 0.300. The van der Waals surface area contributed by atoms with E-state index in [1.807, 2.05) is 9.80 Å². The first kappa shape index (κ1) is 19.9. The molecular formula is C20H17BrF3N3O2. The summed E-state index contributed by atoms with van der Waals surface area (Å²) in [5.74, 6) is -1.10. The number of halogens is 4. The molecule has 0 unspecified atom stereocenters. The van der Waals surface area contributed by atoms with Gasteiger partial charge < -0.3 is 4.90 Å². The minimum Gasteiger partial charge on any atom is -0.369 e. The number of Topliss-reactive ketones (excluding diaryl/α,β-unsaturated/α-hetero) is 1. The van der Waals surface area contributed by atoms with Crippen LogP contribution in [0.3, 0.4) is 0 Å². The summed E-state index contributed by atoms with van der Waals surface area (Å²) in [7, 11) is 0. The summed E-state index contributed by atoms with van der Waals surface area (Å²) in [5.41, 5.74) is 0.816. The van der Waals surface area contributed by atoms with E-state index in [9.17, 15) is 22.8 Å². The molecule has 9 heteroatoms. The molecule has 0 N–H and O–H groups in total. The minimum absolute atomic E-state index is 0.268. The van der Waals surface area contributed by atoms with Crippen LogP contribution < -0.4 is 9.80 Å². The standard InChI is InChI=1S/C20H17BrF3N3O2/c21-15-5-2-6-16-17(15)18(28)19(29)27(16)12-25-7-9-26(10-8-25)14-4-1-3-13(11-14)20(22,23)24/h1-6,11H,7-10,12H2. The Bertz CT molecular complexity index is 972. The summed E-state index contributed by atoms with van der Waals surface area (Å²) in [6.45, 7) is 2.46. The number of rotatable bonds is 3. The van der Waals surface area contributed by atoms with E-state index < -0.39 is 23.4 Å². The van der Waals surface area contributed by atoms with Crippen molar-refractivity contribution in [1.29, 1.82) is 0 Å². The zero-order valence-corrected chi connectivity index (χ0v) is 16.8. The smallest absolute Gasteiger partial charge is 0.369 e. The molecule has 0 spiro atoms. The van der Waals surface area contributed by atoms with Crippen LogP contribution in [-0.2, 0) is 11.0 Å². The van der Waals surface area contributed by atoms with Gasteiger partial charge in [0.1, 0.15) is 0 Å². The number of carbonyl (C=O) groups excluding carboxylic acids is 2. The zero-order valence-electron chi connectivity index (χ0n) is 15.2. The third-order valence-corrected chi connectivity index (χ3v) is 5.86. The minimum atomic E-state index is -4.37. The highest BCUT2D eigenvalue weighted by Crippen LogP contribution is 2.35. The van der Waals surface area contributed by atoms with Gasteiger partial charge in [0.15, 0.2) is 0 Å². The highest BCUT2D eigenvalue weighted by atomic mass is 79.9. The van der Waals surface area contributed by atoms with Gasteiger partial charge in [-0.2, -0.15) is 13.2 Å². The Hall–Kier alpha value is -2.39. The van der Waals surface area contributed by atoms with Crippen LogP contribution in [0.15, 0.2) is 46.9 Å². The molecule has 1 amide bonds.